The summed E-state index contributed by atoms with van der Waals surface area (Å²) in [6.45, 7) is 0. The topological polar surface area (TPSA) is 66.5 Å². The molecule has 0 bridgehead atoms. The molecule has 0 saturated carbocycles. The lowest BCUT2D eigenvalue weighted by atomic mass is 10.1. The van der Waals surface area contributed by atoms with E-state index in [1.807, 2.05) is 0 Å². The number of phenols is 2. The van der Waals surface area contributed by atoms with E-state index in [9.17, 15) is 10.2 Å². The highest BCUT2D eigenvalue weighted by Gasteiger charge is 2.09. The summed E-state index contributed by atoms with van der Waals surface area (Å²) in [5, 5.41) is 22.4. The van der Waals surface area contributed by atoms with Crippen molar-refractivity contribution in [2.24, 2.45) is 0 Å². The van der Waals surface area contributed by atoms with Gasteiger partial charge in [0.1, 0.15) is 17.2 Å². The van der Waals surface area contributed by atoms with Crippen molar-refractivity contribution in [3.8, 4) is 34.1 Å². The number of rotatable bonds is 2. The van der Waals surface area contributed by atoms with E-state index in [-0.39, 0.29) is 11.5 Å². The van der Waals surface area contributed by atoms with Gasteiger partial charge in [0.05, 0.1) is 6.07 Å². The van der Waals surface area contributed by atoms with Gasteiger partial charge in [0.25, 0.3) is 0 Å². The van der Waals surface area contributed by atoms with E-state index in [1.165, 1.54) is 0 Å². The fraction of sp³-hybridized carbons (Fsp3) is 0. The minimum absolute atomic E-state index is 0.196. The average molecular weight is 252 g/mol. The van der Waals surface area contributed by atoms with E-state index in [2.05, 4.69) is 11.2 Å². The third-order valence-electron chi connectivity index (χ3n) is 2.73. The third kappa shape index (κ3) is 2.28. The maximum Gasteiger partial charge on any atom is 0.175 e. The van der Waals surface area contributed by atoms with Crippen molar-refractivity contribution >= 4 is 0 Å². The van der Waals surface area contributed by atoms with Crippen molar-refractivity contribution < 1.29 is 14.7 Å². The number of hydrogen-bond acceptors (Lipinski definition) is 4. The van der Waals surface area contributed by atoms with Gasteiger partial charge in [-0.3, -0.25) is 0 Å². The minimum Gasteiger partial charge on any atom is -0.508 e. The van der Waals surface area contributed by atoms with Gasteiger partial charge in [0.15, 0.2) is 5.76 Å². The zero-order valence-electron chi connectivity index (χ0n) is 9.87. The lowest BCUT2D eigenvalue weighted by molar-refractivity contribution is 0.434. The molecule has 0 fully saturated rings. The van der Waals surface area contributed by atoms with Gasteiger partial charge in [-0.2, -0.15) is 0 Å². The van der Waals surface area contributed by atoms with Crippen molar-refractivity contribution in [3.05, 3.63) is 54.6 Å². The summed E-state index contributed by atoms with van der Waals surface area (Å²) in [6.07, 6.45) is 0. The highest BCUT2D eigenvalue weighted by molar-refractivity contribution is 5.66. The number of hydrogen-bond donors (Lipinski definition) is 2. The van der Waals surface area contributed by atoms with Crippen LogP contribution in [0.2, 0.25) is 0 Å². The Labute approximate surface area is 109 Å². The van der Waals surface area contributed by atoms with Gasteiger partial charge in [-0.05, 0) is 48.5 Å². The van der Waals surface area contributed by atoms with Gasteiger partial charge in [-0.15, -0.1) is 0 Å². The zero-order chi connectivity index (χ0) is 13.2. The van der Waals surface area contributed by atoms with Crippen LogP contribution in [-0.2, 0) is 0 Å². The molecule has 0 aliphatic carbocycles. The molecular weight excluding hydrogens is 242 g/mol. The number of benzene rings is 2. The van der Waals surface area contributed by atoms with Crippen LogP contribution >= 0.6 is 0 Å². The quantitative estimate of drug-likeness (QED) is 0.734. The summed E-state index contributed by atoms with van der Waals surface area (Å²) in [5.74, 6) is 0.899. The molecule has 0 aliphatic heterocycles. The Morgan fingerprint density at radius 1 is 0.789 bits per heavy atom. The maximum absolute atomic E-state index is 9.24. The summed E-state index contributed by atoms with van der Waals surface area (Å²) in [6, 6.07) is 16.3. The molecule has 2 N–H and O–H groups in total. The van der Waals surface area contributed by atoms with Crippen molar-refractivity contribution in [2.75, 3.05) is 0 Å². The van der Waals surface area contributed by atoms with Crippen molar-refractivity contribution in [1.82, 2.24) is 5.16 Å². The fourth-order valence-corrected chi connectivity index (χ4v) is 1.73. The smallest absolute Gasteiger partial charge is 0.175 e. The van der Waals surface area contributed by atoms with Gasteiger partial charge in [0, 0.05) is 11.1 Å². The van der Waals surface area contributed by atoms with Crippen LogP contribution in [0.25, 0.3) is 22.6 Å². The van der Waals surface area contributed by atoms with Crippen LogP contribution in [-0.4, -0.2) is 15.4 Å². The highest BCUT2D eigenvalue weighted by Crippen LogP contribution is 2.27. The molecule has 3 aromatic rings. The predicted molar refractivity (Wildman–Crippen MR) is 69.5 cm³/mol. The van der Waals surface area contributed by atoms with Gasteiger partial charge in [0.2, 0.25) is 0 Å². The first-order valence-electron chi connectivity index (χ1n) is 5.70. The number of phenolic OH excluding ortho intramolecular Hbond substituents is 2. The molecular formula is C15H10NO3. The molecule has 3 rings (SSSR count). The summed E-state index contributed by atoms with van der Waals surface area (Å²) < 4.78 is 5.23. The molecule has 1 heterocycles. The second-order valence-corrected chi connectivity index (χ2v) is 4.08. The van der Waals surface area contributed by atoms with E-state index in [1.54, 1.807) is 48.5 Å². The lowest BCUT2D eigenvalue weighted by Crippen LogP contribution is -1.75. The largest absolute Gasteiger partial charge is 0.508 e. The first-order valence-corrected chi connectivity index (χ1v) is 5.70. The van der Waals surface area contributed by atoms with Gasteiger partial charge in [-0.25, -0.2) is 0 Å². The van der Waals surface area contributed by atoms with E-state index < -0.39 is 0 Å². The minimum atomic E-state index is 0.196. The Balaban J connectivity index is 1.95. The van der Waals surface area contributed by atoms with Gasteiger partial charge in [-0.1, -0.05) is 5.16 Å². The lowest BCUT2D eigenvalue weighted by Gasteiger charge is -1.95. The van der Waals surface area contributed by atoms with Crippen LogP contribution in [0.4, 0.5) is 0 Å². The van der Waals surface area contributed by atoms with Gasteiger partial charge >= 0.3 is 0 Å². The zero-order valence-corrected chi connectivity index (χ0v) is 9.87. The molecule has 93 valence electrons. The molecule has 19 heavy (non-hydrogen) atoms. The average Bonchev–Trinajstić information content (AvgIpc) is 2.90. The molecule has 1 radical (unpaired) electrons. The molecule has 0 spiro atoms. The van der Waals surface area contributed by atoms with Crippen LogP contribution < -0.4 is 0 Å². The van der Waals surface area contributed by atoms with Crippen LogP contribution in [0.1, 0.15) is 0 Å². The Kier molecular flexibility index (Phi) is 2.68. The monoisotopic (exact) mass is 252 g/mol. The summed E-state index contributed by atoms with van der Waals surface area (Å²) >= 11 is 0. The normalized spacial score (nSPS) is 10.5. The van der Waals surface area contributed by atoms with E-state index in [0.717, 1.165) is 11.1 Å². The third-order valence-corrected chi connectivity index (χ3v) is 2.73. The summed E-state index contributed by atoms with van der Waals surface area (Å²) in [5.41, 5.74) is 2.17. The maximum atomic E-state index is 9.24. The van der Waals surface area contributed by atoms with Gasteiger partial charge < -0.3 is 14.7 Å². The molecule has 4 heteroatoms. The van der Waals surface area contributed by atoms with E-state index >= 15 is 0 Å². The molecule has 4 nitrogen and oxygen atoms in total. The SMILES string of the molecule is Oc1ccc(-c2[c]c(-c3ccc(O)cc3)on2)cc1. The first kappa shape index (κ1) is 11.3. The van der Waals surface area contributed by atoms with E-state index in [4.69, 9.17) is 4.52 Å². The predicted octanol–water partition coefficient (Wildman–Crippen LogP) is 3.22. The molecule has 0 unspecified atom stereocenters. The van der Waals surface area contributed by atoms with Crippen LogP contribution in [0.5, 0.6) is 11.5 Å². The number of nitrogens with zero attached hydrogens (tertiary/aromatic N) is 1. The van der Waals surface area contributed by atoms with Crippen molar-refractivity contribution in [3.63, 3.8) is 0 Å². The summed E-state index contributed by atoms with van der Waals surface area (Å²) in [4.78, 5) is 0. The number of aromatic hydroxyl groups is 2. The van der Waals surface area contributed by atoms with Crippen LogP contribution in [0.3, 0.4) is 0 Å². The first-order chi connectivity index (χ1) is 9.22. The van der Waals surface area contributed by atoms with Crippen LogP contribution in [0.15, 0.2) is 53.1 Å². The molecule has 2 aromatic carbocycles. The molecule has 0 aliphatic rings. The Morgan fingerprint density at radius 2 is 1.32 bits per heavy atom. The molecule has 1 aromatic heterocycles. The standard InChI is InChI=1S/C15H10NO3/c17-12-5-1-10(2-6-12)14-9-15(19-16-14)11-3-7-13(18)8-4-11/h1-8,17-18H. The van der Waals surface area contributed by atoms with Crippen molar-refractivity contribution in [1.29, 1.82) is 0 Å². The summed E-state index contributed by atoms with van der Waals surface area (Å²) in [7, 11) is 0. The Bertz CT molecular complexity index is 624. The van der Waals surface area contributed by atoms with E-state index in [0.29, 0.717) is 11.5 Å². The Morgan fingerprint density at radius 3 is 1.89 bits per heavy atom. The van der Waals surface area contributed by atoms with Crippen molar-refractivity contribution in [2.45, 2.75) is 0 Å². The molecule has 0 atom stereocenters. The molecule has 0 saturated heterocycles. The highest BCUT2D eigenvalue weighted by atomic mass is 16.5. The Hall–Kier alpha value is -2.75. The second-order valence-electron chi connectivity index (χ2n) is 4.08. The number of aromatic nitrogens is 1. The second kappa shape index (κ2) is 4.49. The molecule has 0 amide bonds. The fourth-order valence-electron chi connectivity index (χ4n) is 1.73. The van der Waals surface area contributed by atoms with Crippen LogP contribution in [0, 0.1) is 6.07 Å².